The van der Waals surface area contributed by atoms with E-state index in [9.17, 15) is 13.5 Å². The molecule has 0 aromatic heterocycles. The van der Waals surface area contributed by atoms with Gasteiger partial charge in [-0.15, -0.1) is 0 Å². The highest BCUT2D eigenvalue weighted by atomic mass is 32.2. The molecule has 0 saturated carbocycles. The fourth-order valence-corrected chi connectivity index (χ4v) is 5.00. The average molecular weight is 447 g/mol. The number of aliphatic hydroxyl groups excluding tert-OH is 1. The van der Waals surface area contributed by atoms with E-state index in [-0.39, 0.29) is 11.4 Å². The van der Waals surface area contributed by atoms with Crippen LogP contribution in [-0.2, 0) is 10.0 Å². The molecule has 0 bridgehead atoms. The first-order valence-corrected chi connectivity index (χ1v) is 12.8. The molecule has 1 unspecified atom stereocenters. The molecule has 0 fully saturated rings. The number of anilines is 1. The lowest BCUT2D eigenvalue weighted by Gasteiger charge is -2.30. The molecule has 0 aliphatic rings. The molecule has 0 aliphatic heterocycles. The van der Waals surface area contributed by atoms with Gasteiger partial charge in [0.2, 0.25) is 0 Å². The van der Waals surface area contributed by atoms with Gasteiger partial charge in [0, 0.05) is 6.54 Å². The smallest absolute Gasteiger partial charge is 0.264 e. The van der Waals surface area contributed by atoms with E-state index in [1.54, 1.807) is 36.4 Å². The fraction of sp³-hybridized carbons (Fsp3) is 0.520. The third-order valence-electron chi connectivity index (χ3n) is 5.43. The summed E-state index contributed by atoms with van der Waals surface area (Å²) >= 11 is 0. The Labute approximate surface area is 188 Å². The Morgan fingerprint density at radius 1 is 0.806 bits per heavy atom. The van der Waals surface area contributed by atoms with Crippen LogP contribution in [0, 0.1) is 13.8 Å². The van der Waals surface area contributed by atoms with Gasteiger partial charge < -0.3 is 10.0 Å². The molecule has 0 spiro atoms. The molecule has 2 aromatic rings. The minimum absolute atomic E-state index is 0.0218. The molecule has 2 rings (SSSR count). The third kappa shape index (κ3) is 7.63. The fourth-order valence-electron chi connectivity index (χ4n) is 3.50. The first kappa shape index (κ1) is 25.4. The number of nitrogens with zero attached hydrogens (tertiary/aromatic N) is 2. The third-order valence-corrected chi connectivity index (χ3v) is 7.24. The lowest BCUT2D eigenvalue weighted by molar-refractivity contribution is 0.117. The molecule has 172 valence electrons. The van der Waals surface area contributed by atoms with Crippen molar-refractivity contribution in [2.45, 2.75) is 64.4 Å². The number of rotatable bonds is 13. The van der Waals surface area contributed by atoms with Crippen molar-refractivity contribution in [2.24, 2.45) is 0 Å². The van der Waals surface area contributed by atoms with Gasteiger partial charge in [-0.25, -0.2) is 8.42 Å². The molecule has 0 saturated heterocycles. The molecule has 0 amide bonds. The summed E-state index contributed by atoms with van der Waals surface area (Å²) in [7, 11) is -3.79. The van der Waals surface area contributed by atoms with Crippen LogP contribution in [0.25, 0.3) is 0 Å². The number of aryl methyl sites for hydroxylation is 2. The highest BCUT2D eigenvalue weighted by Gasteiger charge is 2.27. The minimum atomic E-state index is -3.79. The summed E-state index contributed by atoms with van der Waals surface area (Å²) in [5.74, 6) is 0. The molecule has 0 aliphatic carbocycles. The van der Waals surface area contributed by atoms with Crippen LogP contribution in [0.4, 0.5) is 5.69 Å². The zero-order chi connectivity index (χ0) is 22.9. The molecule has 0 heterocycles. The van der Waals surface area contributed by atoms with Crippen LogP contribution in [0.1, 0.15) is 50.7 Å². The van der Waals surface area contributed by atoms with Gasteiger partial charge in [0.15, 0.2) is 0 Å². The largest absolute Gasteiger partial charge is 0.390 e. The zero-order valence-corrected chi connectivity index (χ0v) is 20.2. The van der Waals surface area contributed by atoms with Gasteiger partial charge in [0.25, 0.3) is 10.0 Å². The van der Waals surface area contributed by atoms with E-state index >= 15 is 0 Å². The number of unbranched alkanes of at least 4 members (excludes halogenated alkanes) is 2. The van der Waals surface area contributed by atoms with Crippen molar-refractivity contribution in [2.75, 3.05) is 30.5 Å². The van der Waals surface area contributed by atoms with Crippen LogP contribution >= 0.6 is 0 Å². The number of hydrogen-bond acceptors (Lipinski definition) is 4. The number of hydrogen-bond donors (Lipinski definition) is 1. The van der Waals surface area contributed by atoms with E-state index in [1.807, 2.05) is 26.0 Å². The summed E-state index contributed by atoms with van der Waals surface area (Å²) in [6.07, 6.45) is 3.54. The van der Waals surface area contributed by atoms with E-state index in [0.29, 0.717) is 12.2 Å². The lowest BCUT2D eigenvalue weighted by Crippen LogP contribution is -2.43. The Morgan fingerprint density at radius 2 is 1.29 bits per heavy atom. The maximum absolute atomic E-state index is 13.5. The summed E-state index contributed by atoms with van der Waals surface area (Å²) in [4.78, 5) is 2.49. The number of aliphatic hydroxyl groups is 1. The average Bonchev–Trinajstić information content (AvgIpc) is 2.75. The molecule has 1 N–H and O–H groups in total. The van der Waals surface area contributed by atoms with Gasteiger partial charge in [0.05, 0.1) is 23.2 Å². The van der Waals surface area contributed by atoms with E-state index in [2.05, 4.69) is 18.7 Å². The van der Waals surface area contributed by atoms with Crippen LogP contribution in [-0.4, -0.2) is 50.7 Å². The van der Waals surface area contributed by atoms with Crippen LogP contribution in [0.3, 0.4) is 0 Å². The monoisotopic (exact) mass is 446 g/mol. The first-order chi connectivity index (χ1) is 14.8. The Kier molecular flexibility index (Phi) is 10.0. The number of benzene rings is 2. The van der Waals surface area contributed by atoms with Crippen molar-refractivity contribution < 1.29 is 13.5 Å². The highest BCUT2D eigenvalue weighted by molar-refractivity contribution is 7.92. The Bertz CT molecular complexity index is 872. The molecule has 6 heteroatoms. The normalized spacial score (nSPS) is 12.8. The van der Waals surface area contributed by atoms with Crippen molar-refractivity contribution in [3.8, 4) is 0 Å². The standard InChI is InChI=1S/C25H38N2O3S/c1-5-7-17-26(18-8-6-2)19-24(28)20-27(23-13-9-21(3)10-14-23)31(29,30)25-15-11-22(4)12-16-25/h9-16,24,28H,5-8,17-20H2,1-4H3. The second-order valence-corrected chi connectivity index (χ2v) is 10.2. The van der Waals surface area contributed by atoms with Crippen molar-refractivity contribution >= 4 is 15.7 Å². The number of sulfonamides is 1. The topological polar surface area (TPSA) is 60.9 Å². The molecular weight excluding hydrogens is 408 g/mol. The minimum Gasteiger partial charge on any atom is -0.390 e. The quantitative estimate of drug-likeness (QED) is 0.482. The predicted octanol–water partition coefficient (Wildman–Crippen LogP) is 4.76. The Hall–Kier alpha value is -1.89. The van der Waals surface area contributed by atoms with E-state index in [4.69, 9.17) is 0 Å². The zero-order valence-electron chi connectivity index (χ0n) is 19.4. The van der Waals surface area contributed by atoms with Crippen molar-refractivity contribution in [3.63, 3.8) is 0 Å². The first-order valence-electron chi connectivity index (χ1n) is 11.3. The molecule has 31 heavy (non-hydrogen) atoms. The second-order valence-electron chi connectivity index (χ2n) is 8.35. The molecule has 2 aromatic carbocycles. The van der Waals surface area contributed by atoms with Crippen molar-refractivity contribution in [3.05, 3.63) is 59.7 Å². The second kappa shape index (κ2) is 12.2. The van der Waals surface area contributed by atoms with E-state index < -0.39 is 16.1 Å². The molecule has 0 radical (unpaired) electrons. The van der Waals surface area contributed by atoms with E-state index in [1.165, 1.54) is 4.31 Å². The van der Waals surface area contributed by atoms with Gasteiger partial charge in [-0.3, -0.25) is 4.31 Å². The van der Waals surface area contributed by atoms with Crippen LogP contribution in [0.5, 0.6) is 0 Å². The SMILES string of the molecule is CCCCN(CCCC)CC(O)CN(c1ccc(C)cc1)S(=O)(=O)c1ccc(C)cc1. The van der Waals surface area contributed by atoms with E-state index in [0.717, 1.165) is 49.9 Å². The van der Waals surface area contributed by atoms with Gasteiger partial charge >= 0.3 is 0 Å². The maximum atomic E-state index is 13.5. The van der Waals surface area contributed by atoms with Gasteiger partial charge in [-0.2, -0.15) is 0 Å². The van der Waals surface area contributed by atoms with Crippen LogP contribution in [0.15, 0.2) is 53.4 Å². The Morgan fingerprint density at radius 3 is 1.77 bits per heavy atom. The van der Waals surface area contributed by atoms with Gasteiger partial charge in [-0.1, -0.05) is 62.1 Å². The molecule has 5 nitrogen and oxygen atoms in total. The molecule has 1 atom stereocenters. The summed E-state index contributed by atoms with van der Waals surface area (Å²) in [6, 6.07) is 14.3. The summed E-state index contributed by atoms with van der Waals surface area (Å²) in [5.41, 5.74) is 2.63. The van der Waals surface area contributed by atoms with Crippen LogP contribution < -0.4 is 4.31 Å². The molecular formula is C25H38N2O3S. The summed E-state index contributed by atoms with van der Waals surface area (Å²) in [5, 5.41) is 10.9. The predicted molar refractivity (Wildman–Crippen MR) is 129 cm³/mol. The van der Waals surface area contributed by atoms with Crippen LogP contribution in [0.2, 0.25) is 0 Å². The Balaban J connectivity index is 2.28. The maximum Gasteiger partial charge on any atom is 0.264 e. The van der Waals surface area contributed by atoms with Gasteiger partial charge in [0.1, 0.15) is 0 Å². The van der Waals surface area contributed by atoms with Crippen molar-refractivity contribution in [1.29, 1.82) is 0 Å². The van der Waals surface area contributed by atoms with Crippen molar-refractivity contribution in [1.82, 2.24) is 4.90 Å². The summed E-state index contributed by atoms with van der Waals surface area (Å²) in [6.45, 7) is 10.5. The highest BCUT2D eigenvalue weighted by Crippen LogP contribution is 2.25. The summed E-state index contributed by atoms with van der Waals surface area (Å²) < 4.78 is 28.3. The lowest BCUT2D eigenvalue weighted by atomic mass is 10.2. The van der Waals surface area contributed by atoms with Gasteiger partial charge in [-0.05, 0) is 64.0 Å².